The fraction of sp³-hybridized carbons (Fsp3) is 0.133. The summed E-state index contributed by atoms with van der Waals surface area (Å²) in [6.45, 7) is 3.86. The first-order valence-corrected chi connectivity index (χ1v) is 6.94. The fourth-order valence-electron chi connectivity index (χ4n) is 2.02. The summed E-state index contributed by atoms with van der Waals surface area (Å²) < 4.78 is 0.937. The van der Waals surface area contributed by atoms with E-state index in [9.17, 15) is 4.79 Å². The normalized spacial score (nSPS) is 10.2. The Morgan fingerprint density at radius 1 is 1.10 bits per heavy atom. The molecule has 0 aliphatic rings. The molecule has 0 aliphatic carbocycles. The van der Waals surface area contributed by atoms with Crippen molar-refractivity contribution >= 4 is 33.2 Å². The van der Waals surface area contributed by atoms with Gasteiger partial charge in [-0.25, -0.2) is 0 Å². The van der Waals surface area contributed by atoms with Gasteiger partial charge in [-0.3, -0.25) is 10.6 Å². The number of nitrogens with two attached hydrogens (primary N) is 1. The van der Waals surface area contributed by atoms with Crippen molar-refractivity contribution in [3.63, 3.8) is 0 Å². The second kappa shape index (κ2) is 6.07. The molecule has 5 heteroatoms. The first-order valence-electron chi connectivity index (χ1n) is 6.15. The molecule has 0 atom stereocenters. The number of benzene rings is 2. The maximum absolute atomic E-state index is 12.3. The van der Waals surface area contributed by atoms with Crippen LogP contribution >= 0.6 is 15.9 Å². The van der Waals surface area contributed by atoms with Gasteiger partial charge < -0.3 is 10.7 Å². The summed E-state index contributed by atoms with van der Waals surface area (Å²) in [6.07, 6.45) is 0. The molecule has 0 aromatic heterocycles. The van der Waals surface area contributed by atoms with E-state index in [4.69, 9.17) is 5.84 Å². The zero-order valence-electron chi connectivity index (χ0n) is 11.3. The number of halogens is 1. The van der Waals surface area contributed by atoms with Crippen LogP contribution in [-0.2, 0) is 0 Å². The van der Waals surface area contributed by atoms with Crippen LogP contribution in [0.3, 0.4) is 0 Å². The Hall–Kier alpha value is -1.85. The standard InChI is InChI=1S/C15H16BrN3O/c1-9-5-11(16)8-13(6-9)18-15(20)14-4-3-12(19-17)7-10(14)2/h3-8,19H,17H2,1-2H3,(H,18,20). The molecule has 2 aromatic rings. The van der Waals surface area contributed by atoms with E-state index < -0.39 is 0 Å². The Kier molecular flexibility index (Phi) is 4.42. The van der Waals surface area contributed by atoms with Crippen molar-refractivity contribution in [2.45, 2.75) is 13.8 Å². The number of aryl methyl sites for hydroxylation is 2. The monoisotopic (exact) mass is 333 g/mol. The fourth-order valence-corrected chi connectivity index (χ4v) is 2.62. The molecule has 0 saturated carbocycles. The average molecular weight is 334 g/mol. The van der Waals surface area contributed by atoms with Gasteiger partial charge in [-0.2, -0.15) is 0 Å². The third-order valence-corrected chi connectivity index (χ3v) is 3.40. The Labute approximate surface area is 126 Å². The minimum Gasteiger partial charge on any atom is -0.324 e. The Morgan fingerprint density at radius 2 is 1.85 bits per heavy atom. The zero-order chi connectivity index (χ0) is 14.7. The Bertz CT molecular complexity index is 635. The lowest BCUT2D eigenvalue weighted by atomic mass is 10.1. The van der Waals surface area contributed by atoms with E-state index >= 15 is 0 Å². The lowest BCUT2D eigenvalue weighted by Gasteiger charge is -2.10. The molecule has 0 spiro atoms. The van der Waals surface area contributed by atoms with Crippen LogP contribution in [0.25, 0.3) is 0 Å². The number of nitrogens with one attached hydrogen (secondary N) is 2. The van der Waals surface area contributed by atoms with E-state index in [1.807, 2.05) is 38.1 Å². The summed E-state index contributed by atoms with van der Waals surface area (Å²) in [5.41, 5.74) is 6.67. The zero-order valence-corrected chi connectivity index (χ0v) is 12.9. The molecule has 0 unspecified atom stereocenters. The van der Waals surface area contributed by atoms with Gasteiger partial charge in [0.2, 0.25) is 0 Å². The summed E-state index contributed by atoms with van der Waals surface area (Å²) in [5.74, 6) is 5.21. The van der Waals surface area contributed by atoms with Gasteiger partial charge in [-0.15, -0.1) is 0 Å². The number of amides is 1. The molecule has 2 aromatic carbocycles. The van der Waals surface area contributed by atoms with Crippen molar-refractivity contribution in [2.75, 3.05) is 10.7 Å². The summed E-state index contributed by atoms with van der Waals surface area (Å²) in [5, 5.41) is 2.90. The molecule has 4 N–H and O–H groups in total. The Morgan fingerprint density at radius 3 is 2.45 bits per heavy atom. The number of hydrogen-bond acceptors (Lipinski definition) is 3. The maximum atomic E-state index is 12.3. The van der Waals surface area contributed by atoms with Crippen LogP contribution in [0.5, 0.6) is 0 Å². The summed E-state index contributed by atoms with van der Waals surface area (Å²) in [4.78, 5) is 12.3. The minimum absolute atomic E-state index is 0.136. The number of anilines is 2. The number of carbonyl (C=O) groups excluding carboxylic acids is 1. The maximum Gasteiger partial charge on any atom is 0.255 e. The first kappa shape index (κ1) is 14.6. The van der Waals surface area contributed by atoms with Gasteiger partial charge in [-0.05, 0) is 61.4 Å². The van der Waals surface area contributed by atoms with Crippen molar-refractivity contribution < 1.29 is 4.79 Å². The molecular formula is C15H16BrN3O. The molecule has 2 rings (SSSR count). The third kappa shape index (κ3) is 3.37. The van der Waals surface area contributed by atoms with E-state index in [-0.39, 0.29) is 5.91 Å². The van der Waals surface area contributed by atoms with Crippen molar-refractivity contribution in [3.05, 3.63) is 57.6 Å². The highest BCUT2D eigenvalue weighted by Gasteiger charge is 2.10. The number of hydrazine groups is 1. The van der Waals surface area contributed by atoms with Crippen LogP contribution in [0, 0.1) is 13.8 Å². The smallest absolute Gasteiger partial charge is 0.255 e. The molecule has 0 fully saturated rings. The van der Waals surface area contributed by atoms with Gasteiger partial charge in [-0.1, -0.05) is 15.9 Å². The third-order valence-electron chi connectivity index (χ3n) is 2.94. The number of carbonyl (C=O) groups is 1. The molecule has 1 amide bonds. The van der Waals surface area contributed by atoms with E-state index in [1.54, 1.807) is 12.1 Å². The van der Waals surface area contributed by atoms with Crippen LogP contribution in [0.1, 0.15) is 21.5 Å². The van der Waals surface area contributed by atoms with E-state index in [0.29, 0.717) is 5.56 Å². The lowest BCUT2D eigenvalue weighted by Crippen LogP contribution is -2.14. The van der Waals surface area contributed by atoms with Gasteiger partial charge in [0.25, 0.3) is 5.91 Å². The molecule has 104 valence electrons. The molecule has 0 saturated heterocycles. The molecule has 0 aliphatic heterocycles. The summed E-state index contributed by atoms with van der Waals surface area (Å²) in [6, 6.07) is 11.1. The predicted octanol–water partition coefficient (Wildman–Crippen LogP) is 3.60. The van der Waals surface area contributed by atoms with Gasteiger partial charge in [0.1, 0.15) is 0 Å². The molecule has 0 radical (unpaired) electrons. The topological polar surface area (TPSA) is 67.2 Å². The largest absolute Gasteiger partial charge is 0.324 e. The van der Waals surface area contributed by atoms with Crippen molar-refractivity contribution in [1.29, 1.82) is 0 Å². The number of hydrogen-bond donors (Lipinski definition) is 3. The molecule has 20 heavy (non-hydrogen) atoms. The highest BCUT2D eigenvalue weighted by atomic mass is 79.9. The average Bonchev–Trinajstić information content (AvgIpc) is 2.36. The van der Waals surface area contributed by atoms with Gasteiger partial charge in [0.05, 0.1) is 0 Å². The SMILES string of the molecule is Cc1cc(Br)cc(NC(=O)c2ccc(NN)cc2C)c1. The van der Waals surface area contributed by atoms with Crippen molar-refractivity contribution in [2.24, 2.45) is 5.84 Å². The second-order valence-electron chi connectivity index (χ2n) is 4.65. The van der Waals surface area contributed by atoms with E-state index in [1.165, 1.54) is 0 Å². The van der Waals surface area contributed by atoms with Crippen LogP contribution in [0.2, 0.25) is 0 Å². The molecule has 4 nitrogen and oxygen atoms in total. The summed E-state index contributed by atoms with van der Waals surface area (Å²) in [7, 11) is 0. The van der Waals surface area contributed by atoms with E-state index in [0.717, 1.165) is 27.0 Å². The molecule has 0 heterocycles. The minimum atomic E-state index is -0.136. The summed E-state index contributed by atoms with van der Waals surface area (Å²) >= 11 is 3.42. The van der Waals surface area contributed by atoms with Crippen molar-refractivity contribution in [1.82, 2.24) is 0 Å². The Balaban J connectivity index is 2.23. The highest BCUT2D eigenvalue weighted by molar-refractivity contribution is 9.10. The predicted molar refractivity (Wildman–Crippen MR) is 85.8 cm³/mol. The second-order valence-corrected chi connectivity index (χ2v) is 5.56. The first-order chi connectivity index (χ1) is 9.49. The molecular weight excluding hydrogens is 318 g/mol. The number of rotatable bonds is 3. The molecule has 0 bridgehead atoms. The van der Waals surface area contributed by atoms with Crippen LogP contribution < -0.4 is 16.6 Å². The van der Waals surface area contributed by atoms with Crippen LogP contribution in [-0.4, -0.2) is 5.91 Å². The van der Waals surface area contributed by atoms with Gasteiger partial charge in [0, 0.05) is 21.4 Å². The number of nitrogen functional groups attached to an aromatic ring is 1. The quantitative estimate of drug-likeness (QED) is 0.593. The van der Waals surface area contributed by atoms with Crippen molar-refractivity contribution in [3.8, 4) is 0 Å². The van der Waals surface area contributed by atoms with E-state index in [2.05, 4.69) is 26.7 Å². The van der Waals surface area contributed by atoms with Crippen LogP contribution in [0.4, 0.5) is 11.4 Å². The lowest BCUT2D eigenvalue weighted by molar-refractivity contribution is 0.102. The highest BCUT2D eigenvalue weighted by Crippen LogP contribution is 2.21. The van der Waals surface area contributed by atoms with Gasteiger partial charge >= 0.3 is 0 Å². The van der Waals surface area contributed by atoms with Gasteiger partial charge in [0.15, 0.2) is 0 Å². The van der Waals surface area contributed by atoms with Crippen LogP contribution in [0.15, 0.2) is 40.9 Å².